The average Bonchev–Trinajstić information content (AvgIpc) is 3.03. The molecule has 1 aromatic rings. The summed E-state index contributed by atoms with van der Waals surface area (Å²) in [5.41, 5.74) is 2.20. The maximum absolute atomic E-state index is 12.9. The Morgan fingerprint density at radius 2 is 1.88 bits per heavy atom. The highest BCUT2D eigenvalue weighted by atomic mass is 35.5. The minimum absolute atomic E-state index is 0.333. The van der Waals surface area contributed by atoms with Gasteiger partial charge in [0.25, 0.3) is 0 Å². The molecule has 140 valence electrons. The van der Waals surface area contributed by atoms with Crippen LogP contribution in [0.1, 0.15) is 25.3 Å². The summed E-state index contributed by atoms with van der Waals surface area (Å²) in [7, 11) is 2.75. The highest BCUT2D eigenvalue weighted by Crippen LogP contribution is 2.55. The van der Waals surface area contributed by atoms with Crippen molar-refractivity contribution in [2.24, 2.45) is 5.92 Å². The first-order chi connectivity index (χ1) is 12.3. The molecule has 0 aromatic heterocycles. The van der Waals surface area contributed by atoms with Crippen LogP contribution in [-0.4, -0.2) is 48.2 Å². The van der Waals surface area contributed by atoms with Crippen LogP contribution in [0.4, 0.5) is 0 Å². The second-order valence-electron chi connectivity index (χ2n) is 6.58. The van der Waals surface area contributed by atoms with Crippen LogP contribution in [0.25, 0.3) is 0 Å². The molecule has 2 aliphatic heterocycles. The molecule has 7 heteroatoms. The molecule has 26 heavy (non-hydrogen) atoms. The highest BCUT2D eigenvalue weighted by molar-refractivity contribution is 8.00. The Balaban J connectivity index is 2.26. The van der Waals surface area contributed by atoms with Gasteiger partial charge in [0.2, 0.25) is 0 Å². The molecular formula is C19H22ClNO4S. The van der Waals surface area contributed by atoms with Gasteiger partial charge in [0.05, 0.1) is 24.7 Å². The lowest BCUT2D eigenvalue weighted by Crippen LogP contribution is -2.55. The molecule has 5 nitrogen and oxygen atoms in total. The maximum Gasteiger partial charge on any atom is 0.336 e. The third-order valence-electron chi connectivity index (χ3n) is 5.35. The maximum atomic E-state index is 12.9. The molecule has 3 rings (SSSR count). The molecule has 0 aliphatic carbocycles. The zero-order valence-corrected chi connectivity index (χ0v) is 16.8. The summed E-state index contributed by atoms with van der Waals surface area (Å²) in [6.45, 7) is 4.74. The monoisotopic (exact) mass is 395 g/mol. The zero-order valence-electron chi connectivity index (χ0n) is 15.2. The number of allylic oxidation sites excluding steroid dienone is 1. The molecular weight excluding hydrogens is 374 g/mol. The molecule has 0 radical (unpaired) electrons. The van der Waals surface area contributed by atoms with E-state index >= 15 is 0 Å². The van der Waals surface area contributed by atoms with Crippen LogP contribution in [0.3, 0.4) is 0 Å². The van der Waals surface area contributed by atoms with Crippen LogP contribution < -0.4 is 0 Å². The van der Waals surface area contributed by atoms with Gasteiger partial charge in [-0.1, -0.05) is 23.7 Å². The van der Waals surface area contributed by atoms with E-state index in [0.29, 0.717) is 10.6 Å². The molecule has 2 aliphatic rings. The lowest BCUT2D eigenvalue weighted by atomic mass is 9.72. The van der Waals surface area contributed by atoms with Crippen LogP contribution in [0.2, 0.25) is 5.02 Å². The predicted molar refractivity (Wildman–Crippen MR) is 102 cm³/mol. The van der Waals surface area contributed by atoms with Crippen molar-refractivity contribution >= 4 is 35.3 Å². The van der Waals surface area contributed by atoms with Crippen molar-refractivity contribution in [2.45, 2.75) is 24.6 Å². The second-order valence-corrected chi connectivity index (χ2v) is 8.54. The Kier molecular flexibility index (Phi) is 5.26. The lowest BCUT2D eigenvalue weighted by molar-refractivity contribution is -0.150. The summed E-state index contributed by atoms with van der Waals surface area (Å²) in [6.07, 6.45) is 0. The number of thioether (sulfide) groups is 1. The second kappa shape index (κ2) is 7.16. The number of benzene rings is 1. The van der Waals surface area contributed by atoms with Gasteiger partial charge in [-0.25, -0.2) is 4.79 Å². The Labute approximate surface area is 162 Å². The summed E-state index contributed by atoms with van der Waals surface area (Å²) >= 11 is 7.76. The third kappa shape index (κ3) is 2.89. The molecule has 1 saturated heterocycles. The van der Waals surface area contributed by atoms with Crippen LogP contribution in [0, 0.1) is 5.92 Å². The van der Waals surface area contributed by atoms with Crippen LogP contribution in [0.15, 0.2) is 35.5 Å². The van der Waals surface area contributed by atoms with Crippen molar-refractivity contribution in [2.75, 3.05) is 26.5 Å². The molecule has 0 saturated carbocycles. The third-order valence-corrected chi connectivity index (χ3v) is 7.05. The Hall–Kier alpha value is -1.66. The van der Waals surface area contributed by atoms with Gasteiger partial charge in [0.15, 0.2) is 0 Å². The van der Waals surface area contributed by atoms with Crippen molar-refractivity contribution in [1.29, 1.82) is 0 Å². The van der Waals surface area contributed by atoms with Crippen LogP contribution in [0.5, 0.6) is 0 Å². The minimum Gasteiger partial charge on any atom is -0.469 e. The van der Waals surface area contributed by atoms with E-state index in [1.54, 1.807) is 23.9 Å². The normalized spacial score (nSPS) is 28.0. The van der Waals surface area contributed by atoms with E-state index in [4.69, 9.17) is 21.1 Å². The molecule has 3 atom stereocenters. The van der Waals surface area contributed by atoms with Crippen LogP contribution in [-0.2, 0) is 19.1 Å². The van der Waals surface area contributed by atoms with E-state index in [9.17, 15) is 9.59 Å². The zero-order chi connectivity index (χ0) is 19.1. The number of hydrogen-bond donors (Lipinski definition) is 0. The van der Waals surface area contributed by atoms with Crippen molar-refractivity contribution in [1.82, 2.24) is 4.90 Å². The quantitative estimate of drug-likeness (QED) is 0.731. The smallest absolute Gasteiger partial charge is 0.336 e. The Morgan fingerprint density at radius 3 is 2.46 bits per heavy atom. The first-order valence-electron chi connectivity index (χ1n) is 8.39. The summed E-state index contributed by atoms with van der Waals surface area (Å²) in [4.78, 5) is 27.2. The average molecular weight is 396 g/mol. The van der Waals surface area contributed by atoms with E-state index < -0.39 is 22.7 Å². The summed E-state index contributed by atoms with van der Waals surface area (Å²) in [5, 5.41) is 0.600. The molecule has 0 amide bonds. The number of carbonyl (C=O) groups excluding carboxylic acids is 2. The number of esters is 2. The Morgan fingerprint density at radius 1 is 1.23 bits per heavy atom. The van der Waals surface area contributed by atoms with Gasteiger partial charge < -0.3 is 14.4 Å². The highest BCUT2D eigenvalue weighted by Gasteiger charge is 2.57. The molecule has 1 aromatic carbocycles. The number of ether oxygens (including phenoxy) is 2. The van der Waals surface area contributed by atoms with E-state index in [1.807, 2.05) is 26.0 Å². The molecule has 0 N–H and O–H groups in total. The summed E-state index contributed by atoms with van der Waals surface area (Å²) < 4.78 is 10.2. The van der Waals surface area contributed by atoms with Crippen LogP contribution >= 0.6 is 23.4 Å². The van der Waals surface area contributed by atoms with E-state index in [2.05, 4.69) is 4.90 Å². The fraction of sp³-hybridized carbons (Fsp3) is 0.474. The molecule has 0 unspecified atom stereocenters. The molecule has 0 bridgehead atoms. The number of fused-ring (bicyclic) bond motifs is 1. The van der Waals surface area contributed by atoms with Gasteiger partial charge >= 0.3 is 11.9 Å². The Bertz CT molecular complexity index is 763. The van der Waals surface area contributed by atoms with Gasteiger partial charge in [0, 0.05) is 28.9 Å². The molecule has 2 heterocycles. The number of methoxy groups -OCH3 is 2. The van der Waals surface area contributed by atoms with Gasteiger partial charge in [-0.2, -0.15) is 0 Å². The van der Waals surface area contributed by atoms with Gasteiger partial charge in [-0.3, -0.25) is 4.79 Å². The van der Waals surface area contributed by atoms with E-state index in [0.717, 1.165) is 23.6 Å². The van der Waals surface area contributed by atoms with Crippen molar-refractivity contribution < 1.29 is 19.1 Å². The first kappa shape index (κ1) is 19.1. The number of rotatable bonds is 3. The summed E-state index contributed by atoms with van der Waals surface area (Å²) in [5.74, 6) is -0.877. The SMILES string of the molecule is COC(=O)C1=C(C)N2CCS[C@@]2(C)[C@@H](C(=O)OC)[C@@H]1c1ccc(Cl)cc1. The largest absolute Gasteiger partial charge is 0.469 e. The van der Waals surface area contributed by atoms with Crippen molar-refractivity contribution in [3.05, 3.63) is 46.1 Å². The predicted octanol–water partition coefficient (Wildman–Crippen LogP) is 3.44. The fourth-order valence-corrected chi connectivity index (χ4v) is 5.75. The van der Waals surface area contributed by atoms with Crippen molar-refractivity contribution in [3.63, 3.8) is 0 Å². The topological polar surface area (TPSA) is 55.8 Å². The van der Waals surface area contributed by atoms with Gasteiger partial charge in [-0.15, -0.1) is 11.8 Å². The standard InChI is InChI=1S/C19H22ClNO4S/c1-11-14(17(22)24-3)15(12-5-7-13(20)8-6-12)16(18(23)25-4)19(2)21(11)9-10-26-19/h5-8,15-16H,9-10H2,1-4H3/t15-,16-,19+/m1/s1. The van der Waals surface area contributed by atoms with Gasteiger partial charge in [-0.05, 0) is 31.5 Å². The number of nitrogens with zero attached hydrogens (tertiary/aromatic N) is 1. The summed E-state index contributed by atoms with van der Waals surface area (Å²) in [6, 6.07) is 7.26. The number of halogens is 1. The van der Waals surface area contributed by atoms with Crippen molar-refractivity contribution in [3.8, 4) is 0 Å². The van der Waals surface area contributed by atoms with Gasteiger partial charge in [0.1, 0.15) is 5.92 Å². The minimum atomic E-state index is -0.543. The fourth-order valence-electron chi connectivity index (χ4n) is 4.14. The molecule has 0 spiro atoms. The number of hydrogen-bond acceptors (Lipinski definition) is 6. The van der Waals surface area contributed by atoms with E-state index in [1.165, 1.54) is 14.2 Å². The van der Waals surface area contributed by atoms with E-state index in [-0.39, 0.29) is 5.97 Å². The molecule has 1 fully saturated rings. The first-order valence-corrected chi connectivity index (χ1v) is 9.75. The number of carbonyl (C=O) groups is 2. The lowest BCUT2D eigenvalue weighted by Gasteiger charge is -2.49.